The molecular formula is C26H37N3O4S. The monoisotopic (exact) mass is 487 g/mol. The predicted molar refractivity (Wildman–Crippen MR) is 137 cm³/mol. The quantitative estimate of drug-likeness (QED) is 0.551. The van der Waals surface area contributed by atoms with E-state index in [1.807, 2.05) is 58.0 Å². The van der Waals surface area contributed by atoms with Crippen molar-refractivity contribution in [3.8, 4) is 0 Å². The van der Waals surface area contributed by atoms with Crippen molar-refractivity contribution < 1.29 is 18.0 Å². The first kappa shape index (κ1) is 27.4. The van der Waals surface area contributed by atoms with Crippen molar-refractivity contribution in [3.63, 3.8) is 0 Å². The number of nitrogens with one attached hydrogen (secondary N) is 1. The van der Waals surface area contributed by atoms with Crippen LogP contribution < -0.4 is 9.62 Å². The fourth-order valence-electron chi connectivity index (χ4n) is 3.63. The molecule has 186 valence electrons. The molecule has 2 aromatic rings. The van der Waals surface area contributed by atoms with Crippen LogP contribution in [0.2, 0.25) is 0 Å². The van der Waals surface area contributed by atoms with E-state index in [2.05, 4.69) is 5.32 Å². The van der Waals surface area contributed by atoms with Gasteiger partial charge in [-0.2, -0.15) is 0 Å². The molecule has 2 rings (SSSR count). The Morgan fingerprint density at radius 1 is 1.00 bits per heavy atom. The third kappa shape index (κ3) is 8.17. The molecule has 0 radical (unpaired) electrons. The Morgan fingerprint density at radius 2 is 1.59 bits per heavy atom. The van der Waals surface area contributed by atoms with Crippen LogP contribution in [0.4, 0.5) is 5.69 Å². The summed E-state index contributed by atoms with van der Waals surface area (Å²) in [5.41, 5.74) is 2.14. The van der Waals surface area contributed by atoms with Crippen molar-refractivity contribution in [2.75, 3.05) is 17.1 Å². The third-order valence-corrected chi connectivity index (χ3v) is 6.66. The first-order chi connectivity index (χ1) is 15.8. The van der Waals surface area contributed by atoms with Crippen LogP contribution in [0, 0.1) is 6.92 Å². The number of aryl methyl sites for hydroxylation is 1. The highest BCUT2D eigenvalue weighted by atomic mass is 32.2. The van der Waals surface area contributed by atoms with Gasteiger partial charge >= 0.3 is 0 Å². The molecule has 0 aromatic heterocycles. The van der Waals surface area contributed by atoms with Gasteiger partial charge < -0.3 is 10.2 Å². The fraction of sp³-hybridized carbons (Fsp3) is 0.462. The number of para-hydroxylation sites is 1. The molecule has 34 heavy (non-hydrogen) atoms. The summed E-state index contributed by atoms with van der Waals surface area (Å²) in [7, 11) is -3.50. The number of sulfonamides is 1. The summed E-state index contributed by atoms with van der Waals surface area (Å²) in [5.74, 6) is -0.419. The second-order valence-corrected chi connectivity index (χ2v) is 11.5. The summed E-state index contributed by atoms with van der Waals surface area (Å²) in [4.78, 5) is 27.8. The summed E-state index contributed by atoms with van der Waals surface area (Å²) in [5, 5.41) is 2.95. The Hall–Kier alpha value is -2.87. The number of amides is 2. The summed E-state index contributed by atoms with van der Waals surface area (Å²) in [6, 6.07) is 15.9. The highest BCUT2D eigenvalue weighted by Gasteiger charge is 2.29. The molecule has 0 bridgehead atoms. The molecule has 0 aliphatic rings. The Morgan fingerprint density at radius 3 is 2.15 bits per heavy atom. The zero-order chi connectivity index (χ0) is 25.5. The average Bonchev–Trinajstić information content (AvgIpc) is 2.74. The first-order valence-corrected chi connectivity index (χ1v) is 13.3. The molecule has 1 atom stereocenters. The van der Waals surface area contributed by atoms with Crippen molar-refractivity contribution in [2.45, 2.75) is 65.6 Å². The average molecular weight is 488 g/mol. The topological polar surface area (TPSA) is 86.8 Å². The van der Waals surface area contributed by atoms with Gasteiger partial charge in [-0.15, -0.1) is 0 Å². The van der Waals surface area contributed by atoms with E-state index in [-0.39, 0.29) is 24.8 Å². The molecule has 8 heteroatoms. The number of carbonyl (C=O) groups excluding carboxylic acids is 2. The van der Waals surface area contributed by atoms with Crippen molar-refractivity contribution in [3.05, 3.63) is 65.7 Å². The Bertz CT molecular complexity index is 1080. The van der Waals surface area contributed by atoms with Gasteiger partial charge in [-0.1, -0.05) is 42.5 Å². The molecule has 0 unspecified atom stereocenters. The van der Waals surface area contributed by atoms with Gasteiger partial charge in [0, 0.05) is 25.0 Å². The van der Waals surface area contributed by atoms with Gasteiger partial charge in [0.25, 0.3) is 0 Å². The minimum atomic E-state index is -3.50. The van der Waals surface area contributed by atoms with Crippen LogP contribution >= 0.6 is 0 Å². The third-order valence-electron chi connectivity index (χ3n) is 5.46. The van der Waals surface area contributed by atoms with Crippen LogP contribution in [0.5, 0.6) is 0 Å². The molecule has 0 saturated carbocycles. The number of nitrogens with zero attached hydrogens (tertiary/aromatic N) is 2. The predicted octanol–water partition coefficient (Wildman–Crippen LogP) is 3.87. The zero-order valence-corrected chi connectivity index (χ0v) is 21.9. The van der Waals surface area contributed by atoms with Crippen LogP contribution in [0.15, 0.2) is 54.6 Å². The Kier molecular flexibility index (Phi) is 9.27. The number of hydrogen-bond acceptors (Lipinski definition) is 4. The smallest absolute Gasteiger partial charge is 0.242 e. The minimum absolute atomic E-state index is 0.123. The molecule has 0 aliphatic carbocycles. The summed E-state index contributed by atoms with van der Waals surface area (Å²) in [6.45, 7) is 9.87. The molecule has 0 heterocycles. The lowest BCUT2D eigenvalue weighted by atomic mass is 10.1. The van der Waals surface area contributed by atoms with Crippen LogP contribution in [0.1, 0.15) is 51.7 Å². The number of anilines is 1. The largest absolute Gasteiger partial charge is 0.350 e. The fourth-order valence-corrected chi connectivity index (χ4v) is 4.59. The summed E-state index contributed by atoms with van der Waals surface area (Å²) < 4.78 is 26.0. The van der Waals surface area contributed by atoms with Gasteiger partial charge in [0.15, 0.2) is 0 Å². The number of benzene rings is 2. The Balaban J connectivity index is 2.18. The molecular weight excluding hydrogens is 450 g/mol. The van der Waals surface area contributed by atoms with E-state index in [1.54, 1.807) is 36.1 Å². The van der Waals surface area contributed by atoms with Gasteiger partial charge in [-0.3, -0.25) is 13.9 Å². The van der Waals surface area contributed by atoms with Gasteiger partial charge in [0.1, 0.15) is 6.04 Å². The maximum Gasteiger partial charge on any atom is 0.242 e. The van der Waals surface area contributed by atoms with Gasteiger partial charge in [-0.25, -0.2) is 8.42 Å². The Labute approximate surface area is 204 Å². The molecule has 0 saturated heterocycles. The molecule has 7 nitrogen and oxygen atoms in total. The van der Waals surface area contributed by atoms with E-state index in [0.717, 1.165) is 17.4 Å². The second kappa shape index (κ2) is 11.5. The van der Waals surface area contributed by atoms with Crippen molar-refractivity contribution in [1.29, 1.82) is 0 Å². The van der Waals surface area contributed by atoms with E-state index in [0.29, 0.717) is 18.7 Å². The van der Waals surface area contributed by atoms with Crippen molar-refractivity contribution in [1.82, 2.24) is 10.2 Å². The molecule has 0 spiro atoms. The van der Waals surface area contributed by atoms with Gasteiger partial charge in [-0.05, 0) is 64.3 Å². The second-order valence-electron chi connectivity index (χ2n) is 9.64. The standard InChI is InChI=1S/C26H37N3O4S/c1-20-13-10-11-14-22(20)19-28(21(2)25(31)27-26(3,4)5)24(30)17-12-18-29(34(6,32)33)23-15-8-7-9-16-23/h7-11,13-16,21H,12,17-19H2,1-6H3,(H,27,31)/t21-/m1/s1. The maximum atomic E-state index is 13.3. The van der Waals surface area contributed by atoms with E-state index < -0.39 is 21.6 Å². The lowest BCUT2D eigenvalue weighted by molar-refractivity contribution is -0.141. The lowest BCUT2D eigenvalue weighted by Gasteiger charge is -2.32. The van der Waals surface area contributed by atoms with E-state index >= 15 is 0 Å². The summed E-state index contributed by atoms with van der Waals surface area (Å²) >= 11 is 0. The molecule has 0 aliphatic heterocycles. The van der Waals surface area contributed by atoms with Gasteiger partial charge in [0.2, 0.25) is 21.8 Å². The summed E-state index contributed by atoms with van der Waals surface area (Å²) in [6.07, 6.45) is 1.61. The maximum absolute atomic E-state index is 13.3. The highest BCUT2D eigenvalue weighted by molar-refractivity contribution is 7.92. The molecule has 2 aromatic carbocycles. The molecule has 2 amide bonds. The number of hydrogen-bond donors (Lipinski definition) is 1. The van der Waals surface area contributed by atoms with Crippen LogP contribution in [-0.4, -0.2) is 49.5 Å². The molecule has 0 fully saturated rings. The normalized spacial score (nSPS) is 12.6. The van der Waals surface area contributed by atoms with E-state index in [9.17, 15) is 18.0 Å². The van der Waals surface area contributed by atoms with Crippen molar-refractivity contribution >= 4 is 27.5 Å². The lowest BCUT2D eigenvalue weighted by Crippen LogP contribution is -2.52. The van der Waals surface area contributed by atoms with Crippen LogP contribution in [0.3, 0.4) is 0 Å². The zero-order valence-electron chi connectivity index (χ0n) is 21.0. The number of carbonyl (C=O) groups is 2. The van der Waals surface area contributed by atoms with E-state index in [1.165, 1.54) is 4.31 Å². The SMILES string of the molecule is Cc1ccccc1CN(C(=O)CCCN(c1ccccc1)S(C)(=O)=O)[C@H](C)C(=O)NC(C)(C)C. The van der Waals surface area contributed by atoms with Crippen LogP contribution in [-0.2, 0) is 26.2 Å². The minimum Gasteiger partial charge on any atom is -0.350 e. The number of rotatable bonds is 10. The van der Waals surface area contributed by atoms with Gasteiger partial charge in [0.05, 0.1) is 11.9 Å². The van der Waals surface area contributed by atoms with E-state index in [4.69, 9.17) is 0 Å². The van der Waals surface area contributed by atoms with Crippen molar-refractivity contribution in [2.24, 2.45) is 0 Å². The first-order valence-electron chi connectivity index (χ1n) is 11.5. The molecule has 1 N–H and O–H groups in total. The highest BCUT2D eigenvalue weighted by Crippen LogP contribution is 2.19. The van der Waals surface area contributed by atoms with Crippen LogP contribution in [0.25, 0.3) is 0 Å².